The Labute approximate surface area is 124 Å². The first-order valence-corrected chi connectivity index (χ1v) is 6.96. The highest BCUT2D eigenvalue weighted by atomic mass is 16.5. The van der Waals surface area contributed by atoms with Gasteiger partial charge < -0.3 is 20.5 Å². The minimum atomic E-state index is -0.833. The average Bonchev–Trinajstić information content (AvgIpc) is 2.48. The van der Waals surface area contributed by atoms with E-state index in [4.69, 9.17) is 14.6 Å². The Morgan fingerprint density at radius 2 is 2.00 bits per heavy atom. The summed E-state index contributed by atoms with van der Waals surface area (Å²) in [4.78, 5) is 20.8. The molecule has 0 spiro atoms. The van der Waals surface area contributed by atoms with Gasteiger partial charge in [0, 0.05) is 32.6 Å². The lowest BCUT2D eigenvalue weighted by Crippen LogP contribution is -2.43. The predicted octanol–water partition coefficient (Wildman–Crippen LogP) is 1.19. The minimum Gasteiger partial charge on any atom is -0.481 e. The summed E-state index contributed by atoms with van der Waals surface area (Å²) < 4.78 is 5.07. The molecule has 1 aromatic rings. The third-order valence-electron chi connectivity index (χ3n) is 2.87. The number of carbonyl (C=O) groups is 2. The first kappa shape index (κ1) is 17.1. The lowest BCUT2D eigenvalue weighted by molar-refractivity contribution is -0.134. The summed E-state index contributed by atoms with van der Waals surface area (Å²) in [6, 6.07) is 7.81. The van der Waals surface area contributed by atoms with Crippen molar-refractivity contribution < 1.29 is 19.4 Å². The molecule has 0 amide bonds. The number of carboxylic acids is 1. The zero-order valence-corrected chi connectivity index (χ0v) is 12.4. The molecule has 6 nitrogen and oxygen atoms in total. The van der Waals surface area contributed by atoms with Crippen molar-refractivity contribution in [1.82, 2.24) is 10.6 Å². The van der Waals surface area contributed by atoms with Gasteiger partial charge in [-0.15, -0.1) is 0 Å². The Morgan fingerprint density at radius 1 is 1.33 bits per heavy atom. The van der Waals surface area contributed by atoms with Gasteiger partial charge >= 0.3 is 5.97 Å². The summed E-state index contributed by atoms with van der Waals surface area (Å²) in [6.45, 7) is 6.04. The van der Waals surface area contributed by atoms with E-state index in [0.717, 1.165) is 32.1 Å². The highest BCUT2D eigenvalue weighted by Crippen LogP contribution is 2.19. The van der Waals surface area contributed by atoms with Crippen LogP contribution in [0.25, 0.3) is 0 Å². The van der Waals surface area contributed by atoms with Crippen molar-refractivity contribution in [3.63, 3.8) is 0 Å². The molecule has 116 valence electrons. The zero-order chi connectivity index (χ0) is 15.7. The molecule has 3 N–H and O–H groups in total. The van der Waals surface area contributed by atoms with Crippen LogP contribution in [0.1, 0.15) is 35.8 Å². The normalized spacial score (nSPS) is 17.3. The smallest absolute Gasteiger partial charge is 0.338 e. The van der Waals surface area contributed by atoms with Crippen LogP contribution in [0.5, 0.6) is 0 Å². The molecule has 6 heteroatoms. The van der Waals surface area contributed by atoms with E-state index in [2.05, 4.69) is 10.6 Å². The molecule has 1 fully saturated rings. The van der Waals surface area contributed by atoms with E-state index in [1.54, 1.807) is 0 Å². The number of esters is 1. The Morgan fingerprint density at radius 3 is 2.57 bits per heavy atom. The third-order valence-corrected chi connectivity index (χ3v) is 2.87. The molecule has 21 heavy (non-hydrogen) atoms. The number of carboxylic acid groups (broad SMARTS) is 1. The Kier molecular flexibility index (Phi) is 7.42. The Bertz CT molecular complexity index is 466. The fourth-order valence-corrected chi connectivity index (χ4v) is 2.07. The van der Waals surface area contributed by atoms with Gasteiger partial charge in [0.1, 0.15) is 0 Å². The van der Waals surface area contributed by atoms with Gasteiger partial charge in [0.15, 0.2) is 0 Å². The molecule has 1 saturated heterocycles. The van der Waals surface area contributed by atoms with Crippen molar-refractivity contribution in [2.75, 3.05) is 26.2 Å². The topological polar surface area (TPSA) is 87.7 Å². The second-order valence-electron chi connectivity index (χ2n) is 4.54. The number of hydrogen-bond acceptors (Lipinski definition) is 5. The van der Waals surface area contributed by atoms with Crippen LogP contribution in [0.2, 0.25) is 0 Å². The van der Waals surface area contributed by atoms with E-state index in [-0.39, 0.29) is 12.0 Å². The summed E-state index contributed by atoms with van der Waals surface area (Å²) >= 11 is 0. The summed E-state index contributed by atoms with van der Waals surface area (Å²) in [5, 5.41) is 14.1. The first-order chi connectivity index (χ1) is 10.1. The molecule has 1 aliphatic rings. The van der Waals surface area contributed by atoms with Crippen LogP contribution in [0.3, 0.4) is 0 Å². The number of piperazine rings is 1. The number of hydrogen-bond donors (Lipinski definition) is 3. The molecule has 0 bridgehead atoms. The highest BCUT2D eigenvalue weighted by Gasteiger charge is 2.20. The molecular formula is C15H22N2O4. The van der Waals surface area contributed by atoms with E-state index >= 15 is 0 Å². The minimum absolute atomic E-state index is 0.185. The van der Waals surface area contributed by atoms with Crippen LogP contribution in [0.15, 0.2) is 24.3 Å². The lowest BCUT2D eigenvalue weighted by atomic mass is 9.99. The number of benzene rings is 1. The van der Waals surface area contributed by atoms with Crippen molar-refractivity contribution in [2.45, 2.75) is 19.9 Å². The molecule has 0 aliphatic carbocycles. The zero-order valence-electron chi connectivity index (χ0n) is 12.4. The van der Waals surface area contributed by atoms with Crippen molar-refractivity contribution in [3.05, 3.63) is 35.4 Å². The van der Waals surface area contributed by atoms with Gasteiger partial charge in [0.05, 0.1) is 12.2 Å². The van der Waals surface area contributed by atoms with E-state index in [1.165, 1.54) is 0 Å². The van der Waals surface area contributed by atoms with E-state index in [9.17, 15) is 4.79 Å². The molecule has 1 atom stereocenters. The molecule has 1 aromatic carbocycles. The SMILES string of the molecule is CC(=O)O.CCOC(=O)c1ccccc1C1CNCCN1. The van der Waals surface area contributed by atoms with Gasteiger partial charge in [-0.05, 0) is 18.6 Å². The van der Waals surface area contributed by atoms with E-state index < -0.39 is 5.97 Å². The summed E-state index contributed by atoms with van der Waals surface area (Å²) in [5.74, 6) is -1.07. The van der Waals surface area contributed by atoms with Crippen LogP contribution in [0.4, 0.5) is 0 Å². The quantitative estimate of drug-likeness (QED) is 0.726. The van der Waals surface area contributed by atoms with Crippen molar-refractivity contribution in [3.8, 4) is 0 Å². The Balaban J connectivity index is 0.000000491. The largest absolute Gasteiger partial charge is 0.481 e. The molecule has 0 saturated carbocycles. The maximum atomic E-state index is 11.8. The second-order valence-corrected chi connectivity index (χ2v) is 4.54. The number of nitrogens with one attached hydrogen (secondary N) is 2. The van der Waals surface area contributed by atoms with Crippen LogP contribution in [-0.2, 0) is 9.53 Å². The number of rotatable bonds is 3. The Hall–Kier alpha value is -1.92. The second kappa shape index (κ2) is 9.10. The van der Waals surface area contributed by atoms with Crippen molar-refractivity contribution >= 4 is 11.9 Å². The van der Waals surface area contributed by atoms with Gasteiger partial charge in [-0.1, -0.05) is 18.2 Å². The van der Waals surface area contributed by atoms with E-state index in [0.29, 0.717) is 12.2 Å². The number of aliphatic carboxylic acids is 1. The van der Waals surface area contributed by atoms with Gasteiger partial charge in [-0.2, -0.15) is 0 Å². The molecule has 1 aliphatic heterocycles. The molecule has 0 radical (unpaired) electrons. The van der Waals surface area contributed by atoms with Gasteiger partial charge in [0.2, 0.25) is 0 Å². The van der Waals surface area contributed by atoms with Gasteiger partial charge in [0.25, 0.3) is 5.97 Å². The fraction of sp³-hybridized carbons (Fsp3) is 0.467. The van der Waals surface area contributed by atoms with Crippen molar-refractivity contribution in [2.24, 2.45) is 0 Å². The number of ether oxygens (including phenoxy) is 1. The van der Waals surface area contributed by atoms with Crippen LogP contribution in [-0.4, -0.2) is 43.3 Å². The summed E-state index contributed by atoms with van der Waals surface area (Å²) in [5.41, 5.74) is 1.67. The van der Waals surface area contributed by atoms with Gasteiger partial charge in [-0.25, -0.2) is 4.79 Å². The van der Waals surface area contributed by atoms with Crippen LogP contribution < -0.4 is 10.6 Å². The van der Waals surface area contributed by atoms with Crippen molar-refractivity contribution in [1.29, 1.82) is 0 Å². The standard InChI is InChI=1S/C13H18N2O2.C2H4O2/c1-2-17-13(16)11-6-4-3-5-10(11)12-9-14-7-8-15-12;1-2(3)4/h3-6,12,14-15H,2,7-9H2,1H3;1H3,(H,3,4). The van der Waals surface area contributed by atoms with E-state index in [1.807, 2.05) is 31.2 Å². The molecule has 0 aromatic heterocycles. The maximum absolute atomic E-state index is 11.8. The maximum Gasteiger partial charge on any atom is 0.338 e. The lowest BCUT2D eigenvalue weighted by Gasteiger charge is -2.26. The average molecular weight is 294 g/mol. The van der Waals surface area contributed by atoms with Crippen LogP contribution in [0, 0.1) is 0 Å². The van der Waals surface area contributed by atoms with Crippen LogP contribution >= 0.6 is 0 Å². The third kappa shape index (κ3) is 5.93. The summed E-state index contributed by atoms with van der Waals surface area (Å²) in [7, 11) is 0. The monoisotopic (exact) mass is 294 g/mol. The predicted molar refractivity (Wildman–Crippen MR) is 79.3 cm³/mol. The first-order valence-electron chi connectivity index (χ1n) is 6.96. The summed E-state index contributed by atoms with van der Waals surface area (Å²) in [6.07, 6.45) is 0. The van der Waals surface area contributed by atoms with Gasteiger partial charge in [-0.3, -0.25) is 4.79 Å². The molecule has 1 heterocycles. The fourth-order valence-electron chi connectivity index (χ4n) is 2.07. The molecule has 2 rings (SSSR count). The molecular weight excluding hydrogens is 272 g/mol. The molecule has 1 unspecified atom stereocenters. The number of carbonyl (C=O) groups excluding carboxylic acids is 1. The highest BCUT2D eigenvalue weighted by molar-refractivity contribution is 5.91.